The Bertz CT molecular complexity index is 270. The standard InChI is InChI=1S/C11H22N2O3.2H2S/c1-11(2,3)16-10(15)13-6-8(12(4)5)9(14)7-13;;/h8-9,14H,6-7H2,1-5H3;2*1H2/t8-,9-;;/m0../s1. The molecule has 2 atom stereocenters. The summed E-state index contributed by atoms with van der Waals surface area (Å²) in [7, 11) is 3.79. The van der Waals surface area contributed by atoms with E-state index in [2.05, 4.69) is 0 Å². The highest BCUT2D eigenvalue weighted by atomic mass is 32.1. The van der Waals surface area contributed by atoms with E-state index in [0.29, 0.717) is 13.1 Å². The summed E-state index contributed by atoms with van der Waals surface area (Å²) < 4.78 is 5.26. The molecule has 1 rings (SSSR count). The van der Waals surface area contributed by atoms with Crippen molar-refractivity contribution in [2.24, 2.45) is 0 Å². The van der Waals surface area contributed by atoms with Gasteiger partial charge in [0.25, 0.3) is 0 Å². The average Bonchev–Trinajstić information content (AvgIpc) is 2.44. The molecule has 1 amide bonds. The van der Waals surface area contributed by atoms with Gasteiger partial charge in [0.1, 0.15) is 5.60 Å². The zero-order valence-corrected chi connectivity index (χ0v) is 13.7. The Morgan fingerprint density at radius 2 is 1.78 bits per heavy atom. The third-order valence-corrected chi connectivity index (χ3v) is 2.57. The number of ether oxygens (including phenoxy) is 1. The molecule has 0 bridgehead atoms. The number of likely N-dealkylation sites (N-methyl/N-ethyl adjacent to an activating group) is 1. The first kappa shape index (κ1) is 20.2. The van der Waals surface area contributed by atoms with E-state index in [1.54, 1.807) is 4.90 Å². The molecule has 0 aromatic heterocycles. The fourth-order valence-electron chi connectivity index (χ4n) is 1.75. The average molecular weight is 298 g/mol. The number of aliphatic hydroxyl groups is 1. The number of hydrogen-bond donors (Lipinski definition) is 1. The second kappa shape index (κ2) is 7.47. The summed E-state index contributed by atoms with van der Waals surface area (Å²) in [6, 6.07) is -0.00693. The number of carbonyl (C=O) groups excluding carboxylic acids is 1. The van der Waals surface area contributed by atoms with E-state index in [0.717, 1.165) is 0 Å². The van der Waals surface area contributed by atoms with E-state index in [4.69, 9.17) is 4.74 Å². The lowest BCUT2D eigenvalue weighted by Gasteiger charge is -2.25. The maximum atomic E-state index is 11.7. The van der Waals surface area contributed by atoms with Crippen LogP contribution in [0, 0.1) is 0 Å². The van der Waals surface area contributed by atoms with Crippen LogP contribution in [0.4, 0.5) is 4.79 Å². The van der Waals surface area contributed by atoms with Crippen LogP contribution in [0.25, 0.3) is 0 Å². The molecular formula is C11H26N2O3S2. The predicted octanol–water partition coefficient (Wildman–Crippen LogP) is 0.754. The van der Waals surface area contributed by atoms with Crippen LogP contribution in [0.1, 0.15) is 20.8 Å². The van der Waals surface area contributed by atoms with Crippen molar-refractivity contribution in [1.29, 1.82) is 0 Å². The first-order valence-corrected chi connectivity index (χ1v) is 5.53. The normalized spacial score (nSPS) is 23.4. The highest BCUT2D eigenvalue weighted by Gasteiger charge is 2.36. The third kappa shape index (κ3) is 5.69. The quantitative estimate of drug-likeness (QED) is 0.776. The Morgan fingerprint density at radius 3 is 2.11 bits per heavy atom. The summed E-state index contributed by atoms with van der Waals surface area (Å²) in [5, 5.41) is 9.79. The van der Waals surface area contributed by atoms with E-state index < -0.39 is 11.7 Å². The Hall–Kier alpha value is -0.110. The number of amides is 1. The van der Waals surface area contributed by atoms with Gasteiger partial charge in [-0.2, -0.15) is 27.0 Å². The second-order valence-corrected chi connectivity index (χ2v) is 5.48. The second-order valence-electron chi connectivity index (χ2n) is 5.48. The van der Waals surface area contributed by atoms with Gasteiger partial charge in [-0.15, -0.1) is 0 Å². The molecule has 0 aromatic carbocycles. The number of aliphatic hydroxyl groups excluding tert-OH is 1. The maximum Gasteiger partial charge on any atom is 0.410 e. The Kier molecular flexibility index (Phi) is 8.39. The number of carbonyl (C=O) groups is 1. The van der Waals surface area contributed by atoms with Crippen molar-refractivity contribution >= 4 is 33.1 Å². The summed E-state index contributed by atoms with van der Waals surface area (Å²) in [5.74, 6) is 0. The molecule has 0 radical (unpaired) electrons. The van der Waals surface area contributed by atoms with Crippen LogP contribution in [0.5, 0.6) is 0 Å². The summed E-state index contributed by atoms with van der Waals surface area (Å²) in [5.41, 5.74) is -0.488. The first-order chi connectivity index (χ1) is 7.20. The highest BCUT2D eigenvalue weighted by molar-refractivity contribution is 7.59. The van der Waals surface area contributed by atoms with Crippen LogP contribution in [-0.4, -0.2) is 65.9 Å². The maximum absolute atomic E-state index is 11.7. The Morgan fingerprint density at radius 1 is 1.28 bits per heavy atom. The van der Waals surface area contributed by atoms with Crippen LogP contribution in [0.15, 0.2) is 0 Å². The van der Waals surface area contributed by atoms with E-state index in [-0.39, 0.29) is 39.1 Å². The fraction of sp³-hybridized carbons (Fsp3) is 0.909. The number of likely N-dealkylation sites (tertiary alicyclic amines) is 1. The number of rotatable bonds is 1. The summed E-state index contributed by atoms with van der Waals surface area (Å²) in [4.78, 5) is 15.2. The van der Waals surface area contributed by atoms with Gasteiger partial charge in [-0.05, 0) is 34.9 Å². The summed E-state index contributed by atoms with van der Waals surface area (Å²) in [6.45, 7) is 6.36. The molecule has 110 valence electrons. The molecule has 7 heteroatoms. The first-order valence-electron chi connectivity index (χ1n) is 5.53. The molecule has 1 saturated heterocycles. The zero-order valence-electron chi connectivity index (χ0n) is 11.7. The van der Waals surface area contributed by atoms with Gasteiger partial charge in [0.05, 0.1) is 18.7 Å². The van der Waals surface area contributed by atoms with Crippen molar-refractivity contribution in [3.8, 4) is 0 Å². The highest BCUT2D eigenvalue weighted by Crippen LogP contribution is 2.17. The molecule has 5 nitrogen and oxygen atoms in total. The molecule has 1 aliphatic rings. The van der Waals surface area contributed by atoms with Gasteiger partial charge < -0.3 is 19.6 Å². The fourth-order valence-corrected chi connectivity index (χ4v) is 1.75. The van der Waals surface area contributed by atoms with Crippen LogP contribution in [0.2, 0.25) is 0 Å². The van der Waals surface area contributed by atoms with Gasteiger partial charge in [-0.25, -0.2) is 4.79 Å². The monoisotopic (exact) mass is 298 g/mol. The molecule has 0 aliphatic carbocycles. The molecule has 0 saturated carbocycles. The van der Waals surface area contributed by atoms with E-state index >= 15 is 0 Å². The lowest BCUT2D eigenvalue weighted by molar-refractivity contribution is 0.0269. The van der Waals surface area contributed by atoms with Crippen LogP contribution >= 0.6 is 27.0 Å². The predicted molar refractivity (Wildman–Crippen MR) is 82.1 cm³/mol. The van der Waals surface area contributed by atoms with Gasteiger partial charge >= 0.3 is 6.09 Å². The minimum absolute atomic E-state index is 0. The van der Waals surface area contributed by atoms with Gasteiger partial charge in [-0.1, -0.05) is 0 Å². The van der Waals surface area contributed by atoms with Crippen molar-refractivity contribution in [3.63, 3.8) is 0 Å². The van der Waals surface area contributed by atoms with Crippen molar-refractivity contribution in [1.82, 2.24) is 9.80 Å². The minimum atomic E-state index is -0.498. The van der Waals surface area contributed by atoms with Crippen molar-refractivity contribution < 1.29 is 14.6 Å². The molecule has 1 aliphatic heterocycles. The van der Waals surface area contributed by atoms with Gasteiger partial charge in [0.15, 0.2) is 0 Å². The number of β-amino-alcohol motifs (C(OH)–C–C–N with tert-alkyl or cyclic N) is 1. The Balaban J connectivity index is 0. The third-order valence-electron chi connectivity index (χ3n) is 2.57. The van der Waals surface area contributed by atoms with Crippen molar-refractivity contribution in [3.05, 3.63) is 0 Å². The van der Waals surface area contributed by atoms with Gasteiger partial charge in [-0.3, -0.25) is 0 Å². The molecule has 0 aromatic rings. The topological polar surface area (TPSA) is 53.0 Å². The molecule has 0 spiro atoms. The molecule has 1 fully saturated rings. The molecule has 1 N–H and O–H groups in total. The lowest BCUT2D eigenvalue weighted by Crippen LogP contribution is -2.39. The zero-order chi connectivity index (χ0) is 12.5. The SMILES string of the molecule is CN(C)[C@H]1CN(C(=O)OC(C)(C)C)C[C@@H]1O.S.S. The largest absolute Gasteiger partial charge is 0.444 e. The van der Waals surface area contributed by atoms with E-state index in [1.165, 1.54) is 0 Å². The Labute approximate surface area is 123 Å². The molecular weight excluding hydrogens is 272 g/mol. The summed E-state index contributed by atoms with van der Waals surface area (Å²) in [6.07, 6.45) is -0.849. The van der Waals surface area contributed by atoms with E-state index in [1.807, 2.05) is 39.8 Å². The lowest BCUT2D eigenvalue weighted by atomic mass is 10.2. The summed E-state index contributed by atoms with van der Waals surface area (Å²) >= 11 is 0. The molecule has 1 heterocycles. The molecule has 0 unspecified atom stereocenters. The van der Waals surface area contributed by atoms with Gasteiger partial charge in [0, 0.05) is 6.54 Å². The van der Waals surface area contributed by atoms with E-state index in [9.17, 15) is 9.90 Å². The molecule has 18 heavy (non-hydrogen) atoms. The smallest absolute Gasteiger partial charge is 0.410 e. The van der Waals surface area contributed by atoms with Crippen LogP contribution in [-0.2, 0) is 4.74 Å². The number of hydrogen-bond acceptors (Lipinski definition) is 4. The number of nitrogens with zero attached hydrogens (tertiary/aromatic N) is 2. The van der Waals surface area contributed by atoms with Crippen molar-refractivity contribution in [2.45, 2.75) is 38.5 Å². The van der Waals surface area contributed by atoms with Crippen LogP contribution in [0.3, 0.4) is 0 Å². The van der Waals surface area contributed by atoms with Crippen LogP contribution < -0.4 is 0 Å². The minimum Gasteiger partial charge on any atom is -0.444 e. The van der Waals surface area contributed by atoms with Gasteiger partial charge in [0.2, 0.25) is 0 Å². The van der Waals surface area contributed by atoms with Crippen molar-refractivity contribution in [2.75, 3.05) is 27.2 Å².